The van der Waals surface area contributed by atoms with Crippen molar-refractivity contribution in [2.45, 2.75) is 50.0 Å². The van der Waals surface area contributed by atoms with Gasteiger partial charge >= 0.3 is 0 Å². The molecular formula is C23H30N4O2. The van der Waals surface area contributed by atoms with Crippen LogP contribution in [-0.2, 0) is 5.54 Å². The van der Waals surface area contributed by atoms with Crippen molar-refractivity contribution in [2.24, 2.45) is 5.73 Å². The van der Waals surface area contributed by atoms with E-state index < -0.39 is 12.3 Å². The van der Waals surface area contributed by atoms with Crippen molar-refractivity contribution in [1.29, 1.82) is 0 Å². The van der Waals surface area contributed by atoms with Crippen molar-refractivity contribution in [3.05, 3.63) is 65.7 Å². The molecule has 2 aromatic carbocycles. The van der Waals surface area contributed by atoms with Gasteiger partial charge in [0.15, 0.2) is 6.35 Å². The minimum atomic E-state index is -0.834. The topological polar surface area (TPSA) is 90.6 Å². The number of benzene rings is 2. The average molecular weight is 395 g/mol. The molecule has 2 fully saturated rings. The van der Waals surface area contributed by atoms with Crippen molar-refractivity contribution in [2.75, 3.05) is 18.0 Å². The first-order chi connectivity index (χ1) is 14.0. The summed E-state index contributed by atoms with van der Waals surface area (Å²) in [6.07, 6.45) is 2.99. The molecule has 6 nitrogen and oxygen atoms in total. The molecule has 1 saturated heterocycles. The first kappa shape index (κ1) is 19.9. The number of carbonyl (C=O) groups excluding carboxylic acids is 1. The molecule has 0 aromatic heterocycles. The van der Waals surface area contributed by atoms with Crippen LogP contribution in [0.15, 0.2) is 54.6 Å². The highest BCUT2D eigenvalue weighted by atomic mass is 16.3. The van der Waals surface area contributed by atoms with Gasteiger partial charge < -0.3 is 21.1 Å². The van der Waals surface area contributed by atoms with Crippen LogP contribution in [0.3, 0.4) is 0 Å². The number of carbonyl (C=O) groups is 1. The number of para-hydroxylation sites is 1. The standard InChI is InChI=1S/C23H30N4O2/c1-2-25-23(17-8-4-3-5-9-17)14-12-22(13-15-23)16-27(21(29)26-22)19-11-7-6-10-18(19)20(24)28/h3-11,21,25-26,29H,2,12-16H2,1H3,(H2,24,28). The first-order valence-electron chi connectivity index (χ1n) is 10.4. The summed E-state index contributed by atoms with van der Waals surface area (Å²) in [4.78, 5) is 13.7. The third-order valence-electron chi connectivity index (χ3n) is 6.58. The third-order valence-corrected chi connectivity index (χ3v) is 6.58. The molecule has 0 bridgehead atoms. The minimum Gasteiger partial charge on any atom is -0.366 e. The van der Waals surface area contributed by atoms with Crippen LogP contribution in [-0.4, -0.2) is 36.0 Å². The van der Waals surface area contributed by atoms with E-state index in [1.54, 1.807) is 12.1 Å². The molecule has 2 aromatic rings. The lowest BCUT2D eigenvalue weighted by Gasteiger charge is -2.45. The Labute approximate surface area is 172 Å². The number of nitrogens with one attached hydrogen (secondary N) is 2. The Morgan fingerprint density at radius 1 is 1.14 bits per heavy atom. The molecule has 4 rings (SSSR count). The number of nitrogens with zero attached hydrogens (tertiary/aromatic N) is 1. The van der Waals surface area contributed by atoms with Gasteiger partial charge in [-0.25, -0.2) is 0 Å². The second-order valence-corrected chi connectivity index (χ2v) is 8.29. The Hall–Kier alpha value is -2.41. The monoisotopic (exact) mass is 394 g/mol. The van der Waals surface area contributed by atoms with E-state index in [0.717, 1.165) is 32.2 Å². The molecule has 1 unspecified atom stereocenters. The predicted molar refractivity (Wildman–Crippen MR) is 114 cm³/mol. The molecule has 6 heteroatoms. The normalized spacial score (nSPS) is 29.3. The number of hydrogen-bond donors (Lipinski definition) is 4. The first-order valence-corrected chi connectivity index (χ1v) is 10.4. The van der Waals surface area contributed by atoms with Gasteiger partial charge in [0.25, 0.3) is 5.91 Å². The van der Waals surface area contributed by atoms with E-state index in [0.29, 0.717) is 17.8 Å². The van der Waals surface area contributed by atoms with Gasteiger partial charge in [-0.2, -0.15) is 0 Å². The number of amides is 1. The van der Waals surface area contributed by atoms with E-state index in [-0.39, 0.29) is 11.1 Å². The summed E-state index contributed by atoms with van der Waals surface area (Å²) in [5.41, 5.74) is 7.78. The van der Waals surface area contributed by atoms with E-state index >= 15 is 0 Å². The number of nitrogens with two attached hydrogens (primary N) is 1. The molecular weight excluding hydrogens is 364 g/mol. The van der Waals surface area contributed by atoms with Gasteiger partial charge in [0.2, 0.25) is 0 Å². The van der Waals surface area contributed by atoms with Crippen molar-refractivity contribution in [3.63, 3.8) is 0 Å². The number of hydrogen-bond acceptors (Lipinski definition) is 5. The van der Waals surface area contributed by atoms with Crippen molar-refractivity contribution >= 4 is 11.6 Å². The summed E-state index contributed by atoms with van der Waals surface area (Å²) in [7, 11) is 0. The molecule has 5 N–H and O–H groups in total. The highest BCUT2D eigenvalue weighted by Gasteiger charge is 2.49. The highest BCUT2D eigenvalue weighted by Crippen LogP contribution is 2.44. The SMILES string of the molecule is CCNC1(c2ccccc2)CCC2(CC1)CN(c1ccccc1C(N)=O)C(O)N2. The zero-order valence-corrected chi connectivity index (χ0v) is 16.9. The molecule has 1 amide bonds. The summed E-state index contributed by atoms with van der Waals surface area (Å²) in [6.45, 7) is 3.71. The quantitative estimate of drug-likeness (QED) is 0.625. The maximum atomic E-state index is 11.9. The molecule has 0 radical (unpaired) electrons. The molecule has 1 aliphatic carbocycles. The minimum absolute atomic E-state index is 0.0353. The van der Waals surface area contributed by atoms with Crippen molar-refractivity contribution in [1.82, 2.24) is 10.6 Å². The Morgan fingerprint density at radius 2 is 1.79 bits per heavy atom. The van der Waals surface area contributed by atoms with E-state index in [4.69, 9.17) is 5.73 Å². The van der Waals surface area contributed by atoms with Crippen molar-refractivity contribution < 1.29 is 9.90 Å². The summed E-state index contributed by atoms with van der Waals surface area (Å²) in [5, 5.41) is 17.9. The highest BCUT2D eigenvalue weighted by molar-refractivity contribution is 5.98. The van der Waals surface area contributed by atoms with Gasteiger partial charge in [0.1, 0.15) is 0 Å². The number of aliphatic hydroxyl groups excluding tert-OH is 1. The van der Waals surface area contributed by atoms with E-state index in [9.17, 15) is 9.90 Å². The van der Waals surface area contributed by atoms with Gasteiger partial charge in [0, 0.05) is 17.6 Å². The maximum absolute atomic E-state index is 11.9. The van der Waals surface area contributed by atoms with Gasteiger partial charge in [-0.15, -0.1) is 0 Å². The summed E-state index contributed by atoms with van der Waals surface area (Å²) in [5.74, 6) is -0.479. The van der Waals surface area contributed by atoms with Gasteiger partial charge in [-0.05, 0) is 49.9 Å². The van der Waals surface area contributed by atoms with Crippen LogP contribution >= 0.6 is 0 Å². The van der Waals surface area contributed by atoms with Gasteiger partial charge in [-0.1, -0.05) is 49.4 Å². The summed E-state index contributed by atoms with van der Waals surface area (Å²) in [6, 6.07) is 17.9. The smallest absolute Gasteiger partial charge is 0.250 e. The fraction of sp³-hybridized carbons (Fsp3) is 0.435. The molecule has 1 heterocycles. The van der Waals surface area contributed by atoms with Crippen LogP contribution in [0.4, 0.5) is 5.69 Å². The maximum Gasteiger partial charge on any atom is 0.250 e. The van der Waals surface area contributed by atoms with Crippen LogP contribution in [0.25, 0.3) is 0 Å². The van der Waals surface area contributed by atoms with E-state index in [2.05, 4.69) is 47.9 Å². The Morgan fingerprint density at radius 3 is 2.45 bits per heavy atom. The second-order valence-electron chi connectivity index (χ2n) is 8.29. The largest absolute Gasteiger partial charge is 0.366 e. The molecule has 154 valence electrons. The lowest BCUT2D eigenvalue weighted by atomic mass is 9.69. The molecule has 1 saturated carbocycles. The number of rotatable bonds is 5. The molecule has 1 atom stereocenters. The Kier molecular flexibility index (Phi) is 5.34. The third kappa shape index (κ3) is 3.64. The zero-order chi connectivity index (χ0) is 20.5. The molecule has 29 heavy (non-hydrogen) atoms. The second kappa shape index (κ2) is 7.78. The fourth-order valence-electron chi connectivity index (χ4n) is 5.08. The van der Waals surface area contributed by atoms with Crippen LogP contribution in [0.5, 0.6) is 0 Å². The van der Waals surface area contributed by atoms with Gasteiger partial charge in [-0.3, -0.25) is 10.1 Å². The lowest BCUT2D eigenvalue weighted by molar-refractivity contribution is 0.0998. The van der Waals surface area contributed by atoms with Gasteiger partial charge in [0.05, 0.1) is 11.3 Å². The average Bonchev–Trinajstić information content (AvgIpc) is 3.07. The zero-order valence-electron chi connectivity index (χ0n) is 16.9. The molecule has 1 spiro atoms. The predicted octanol–water partition coefficient (Wildman–Crippen LogP) is 2.29. The fourth-order valence-corrected chi connectivity index (χ4v) is 5.08. The number of anilines is 1. The Bertz CT molecular complexity index is 862. The lowest BCUT2D eigenvalue weighted by Crippen LogP contribution is -2.54. The van der Waals surface area contributed by atoms with Crippen molar-refractivity contribution in [3.8, 4) is 0 Å². The van der Waals surface area contributed by atoms with Crippen LogP contribution < -0.4 is 21.3 Å². The van der Waals surface area contributed by atoms with E-state index in [1.165, 1.54) is 5.56 Å². The number of aliphatic hydroxyl groups is 1. The summed E-state index contributed by atoms with van der Waals surface area (Å²) < 4.78 is 0. The molecule has 1 aliphatic heterocycles. The van der Waals surface area contributed by atoms with Crippen LogP contribution in [0.2, 0.25) is 0 Å². The molecule has 2 aliphatic rings. The summed E-state index contributed by atoms with van der Waals surface area (Å²) >= 11 is 0. The van der Waals surface area contributed by atoms with Crippen LogP contribution in [0.1, 0.15) is 48.5 Å². The number of primary amides is 1. The van der Waals surface area contributed by atoms with Crippen LogP contribution in [0, 0.1) is 0 Å². The Balaban J connectivity index is 1.56. The van der Waals surface area contributed by atoms with E-state index in [1.807, 2.05) is 17.0 Å².